The van der Waals surface area contributed by atoms with Crippen molar-refractivity contribution in [3.8, 4) is 11.4 Å². The summed E-state index contributed by atoms with van der Waals surface area (Å²) in [6, 6.07) is 10.8. The zero-order valence-electron chi connectivity index (χ0n) is 12.2. The van der Waals surface area contributed by atoms with Gasteiger partial charge in [0.1, 0.15) is 5.82 Å². The van der Waals surface area contributed by atoms with Gasteiger partial charge in [0, 0.05) is 24.4 Å². The van der Waals surface area contributed by atoms with Crippen molar-refractivity contribution >= 4 is 5.82 Å². The third kappa shape index (κ3) is 2.82. The maximum absolute atomic E-state index is 4.68. The zero-order chi connectivity index (χ0) is 13.9. The molecule has 0 aliphatic heterocycles. The second-order valence-corrected chi connectivity index (χ2v) is 5.46. The molecular weight excluding hydrogens is 246 g/mol. The average Bonchev–Trinajstić information content (AvgIpc) is 3.32. The number of hydrogen-bond donors (Lipinski definition) is 1. The van der Waals surface area contributed by atoms with Crippen molar-refractivity contribution in [2.24, 2.45) is 0 Å². The average molecular weight is 267 g/mol. The number of benzene rings is 1. The SMILES string of the molecule is CCCc1cc(NC)nc(-c2ccc(C3CC3)cc2)n1. The van der Waals surface area contributed by atoms with Gasteiger partial charge in [-0.2, -0.15) is 0 Å². The molecule has 3 nitrogen and oxygen atoms in total. The summed E-state index contributed by atoms with van der Waals surface area (Å²) in [7, 11) is 1.90. The molecule has 3 heteroatoms. The smallest absolute Gasteiger partial charge is 0.161 e. The largest absolute Gasteiger partial charge is 0.373 e. The van der Waals surface area contributed by atoms with E-state index in [1.165, 1.54) is 18.4 Å². The monoisotopic (exact) mass is 267 g/mol. The molecule has 1 aromatic heterocycles. The lowest BCUT2D eigenvalue weighted by Crippen LogP contribution is -2.01. The topological polar surface area (TPSA) is 37.8 Å². The molecule has 2 aromatic rings. The Bertz CT molecular complexity index is 586. The maximum atomic E-state index is 4.68. The molecule has 1 saturated carbocycles. The van der Waals surface area contributed by atoms with Crippen molar-refractivity contribution in [2.75, 3.05) is 12.4 Å². The van der Waals surface area contributed by atoms with Gasteiger partial charge < -0.3 is 5.32 Å². The standard InChI is InChI=1S/C17H21N3/c1-3-4-15-11-16(18-2)20-17(19-15)14-9-7-13(8-10-14)12-5-6-12/h7-12H,3-6H2,1-2H3,(H,18,19,20). The molecule has 1 heterocycles. The lowest BCUT2D eigenvalue weighted by Gasteiger charge is -2.08. The van der Waals surface area contributed by atoms with Gasteiger partial charge in [-0.25, -0.2) is 9.97 Å². The van der Waals surface area contributed by atoms with Gasteiger partial charge in [0.25, 0.3) is 0 Å². The summed E-state index contributed by atoms with van der Waals surface area (Å²) in [6.07, 6.45) is 4.77. The lowest BCUT2D eigenvalue weighted by atomic mass is 10.1. The Morgan fingerprint density at radius 2 is 1.90 bits per heavy atom. The van der Waals surface area contributed by atoms with Crippen LogP contribution in [0.4, 0.5) is 5.82 Å². The number of rotatable bonds is 5. The number of aromatic nitrogens is 2. The van der Waals surface area contributed by atoms with Crippen LogP contribution in [0.2, 0.25) is 0 Å². The first-order valence-corrected chi connectivity index (χ1v) is 7.46. The Morgan fingerprint density at radius 3 is 2.50 bits per heavy atom. The van der Waals surface area contributed by atoms with Crippen LogP contribution in [0.25, 0.3) is 11.4 Å². The number of aryl methyl sites for hydroxylation is 1. The van der Waals surface area contributed by atoms with Crippen LogP contribution in [-0.2, 0) is 6.42 Å². The fourth-order valence-corrected chi connectivity index (χ4v) is 2.46. The predicted octanol–water partition coefficient (Wildman–Crippen LogP) is 4.02. The van der Waals surface area contributed by atoms with Gasteiger partial charge in [-0.15, -0.1) is 0 Å². The Morgan fingerprint density at radius 1 is 1.15 bits per heavy atom. The summed E-state index contributed by atoms with van der Waals surface area (Å²) >= 11 is 0. The summed E-state index contributed by atoms with van der Waals surface area (Å²) in [5.41, 5.74) is 3.66. The van der Waals surface area contributed by atoms with E-state index in [1.54, 1.807) is 0 Å². The van der Waals surface area contributed by atoms with Crippen LogP contribution in [0.5, 0.6) is 0 Å². The Labute approximate surface area is 120 Å². The number of anilines is 1. The van der Waals surface area contributed by atoms with Gasteiger partial charge in [0.15, 0.2) is 5.82 Å². The molecule has 1 aromatic carbocycles. The summed E-state index contributed by atoms with van der Waals surface area (Å²) in [5.74, 6) is 2.51. The highest BCUT2D eigenvalue weighted by atomic mass is 15.0. The molecule has 0 radical (unpaired) electrons. The second kappa shape index (κ2) is 5.61. The molecule has 1 aliphatic rings. The van der Waals surface area contributed by atoms with Crippen molar-refractivity contribution in [2.45, 2.75) is 38.5 Å². The summed E-state index contributed by atoms with van der Waals surface area (Å²) in [5, 5.41) is 3.12. The quantitative estimate of drug-likeness (QED) is 0.889. The van der Waals surface area contributed by atoms with E-state index < -0.39 is 0 Å². The molecule has 104 valence electrons. The second-order valence-electron chi connectivity index (χ2n) is 5.46. The molecule has 0 atom stereocenters. The van der Waals surface area contributed by atoms with Crippen molar-refractivity contribution in [3.63, 3.8) is 0 Å². The zero-order valence-corrected chi connectivity index (χ0v) is 12.2. The minimum Gasteiger partial charge on any atom is -0.373 e. The number of nitrogens with one attached hydrogen (secondary N) is 1. The summed E-state index contributed by atoms with van der Waals surface area (Å²) in [6.45, 7) is 2.17. The van der Waals surface area contributed by atoms with Gasteiger partial charge in [-0.1, -0.05) is 37.6 Å². The van der Waals surface area contributed by atoms with Crippen LogP contribution in [0.3, 0.4) is 0 Å². The van der Waals surface area contributed by atoms with Gasteiger partial charge in [0.2, 0.25) is 0 Å². The highest BCUT2D eigenvalue weighted by molar-refractivity contribution is 5.58. The van der Waals surface area contributed by atoms with E-state index in [0.29, 0.717) is 0 Å². The van der Waals surface area contributed by atoms with Crippen molar-refractivity contribution < 1.29 is 0 Å². The van der Waals surface area contributed by atoms with Gasteiger partial charge in [0.05, 0.1) is 0 Å². The van der Waals surface area contributed by atoms with E-state index in [2.05, 4.69) is 46.5 Å². The fraction of sp³-hybridized carbons (Fsp3) is 0.412. The first kappa shape index (κ1) is 13.1. The highest BCUT2D eigenvalue weighted by Crippen LogP contribution is 2.40. The Kier molecular flexibility index (Phi) is 3.68. The van der Waals surface area contributed by atoms with Gasteiger partial charge in [-0.3, -0.25) is 0 Å². The predicted molar refractivity (Wildman–Crippen MR) is 83.0 cm³/mol. The third-order valence-electron chi connectivity index (χ3n) is 3.76. The molecule has 3 rings (SSSR count). The fourth-order valence-electron chi connectivity index (χ4n) is 2.46. The molecule has 1 fully saturated rings. The van der Waals surface area contributed by atoms with Crippen molar-refractivity contribution in [1.82, 2.24) is 9.97 Å². The maximum Gasteiger partial charge on any atom is 0.161 e. The summed E-state index contributed by atoms with van der Waals surface area (Å²) < 4.78 is 0. The Hall–Kier alpha value is -1.90. The van der Waals surface area contributed by atoms with Crippen LogP contribution < -0.4 is 5.32 Å². The number of nitrogens with zero attached hydrogens (tertiary/aromatic N) is 2. The van der Waals surface area contributed by atoms with E-state index in [1.807, 2.05) is 13.1 Å². The van der Waals surface area contributed by atoms with Gasteiger partial charge in [-0.05, 0) is 30.7 Å². The Balaban J connectivity index is 1.92. The molecule has 0 unspecified atom stereocenters. The molecule has 0 spiro atoms. The molecule has 1 aliphatic carbocycles. The first-order chi connectivity index (χ1) is 9.80. The molecule has 20 heavy (non-hydrogen) atoms. The minimum atomic E-state index is 0.796. The summed E-state index contributed by atoms with van der Waals surface area (Å²) in [4.78, 5) is 9.25. The third-order valence-corrected chi connectivity index (χ3v) is 3.76. The minimum absolute atomic E-state index is 0.796. The van der Waals surface area contributed by atoms with E-state index in [-0.39, 0.29) is 0 Å². The van der Waals surface area contributed by atoms with Crippen molar-refractivity contribution in [1.29, 1.82) is 0 Å². The number of hydrogen-bond acceptors (Lipinski definition) is 3. The highest BCUT2D eigenvalue weighted by Gasteiger charge is 2.23. The van der Waals surface area contributed by atoms with E-state index in [9.17, 15) is 0 Å². The molecule has 0 amide bonds. The lowest BCUT2D eigenvalue weighted by molar-refractivity contribution is 0.876. The van der Waals surface area contributed by atoms with Crippen LogP contribution >= 0.6 is 0 Å². The van der Waals surface area contributed by atoms with E-state index >= 15 is 0 Å². The van der Waals surface area contributed by atoms with Crippen LogP contribution in [0.15, 0.2) is 30.3 Å². The first-order valence-electron chi connectivity index (χ1n) is 7.46. The molecular formula is C17H21N3. The van der Waals surface area contributed by atoms with E-state index in [0.717, 1.165) is 41.7 Å². The molecule has 1 N–H and O–H groups in total. The molecule has 0 bridgehead atoms. The van der Waals surface area contributed by atoms with E-state index in [4.69, 9.17) is 0 Å². The molecule has 0 saturated heterocycles. The normalized spacial score (nSPS) is 14.3. The van der Waals surface area contributed by atoms with Crippen molar-refractivity contribution in [3.05, 3.63) is 41.6 Å². The van der Waals surface area contributed by atoms with Crippen LogP contribution in [-0.4, -0.2) is 17.0 Å². The van der Waals surface area contributed by atoms with Crippen LogP contribution in [0.1, 0.15) is 43.4 Å². The van der Waals surface area contributed by atoms with Gasteiger partial charge >= 0.3 is 0 Å². The van der Waals surface area contributed by atoms with Crippen LogP contribution in [0, 0.1) is 0 Å².